The standard InChI is InChI=1S/C18H25NO/c1-19-10-9-18-8-4-3-5-15(18)17(19)11-13-6-7-14(20-2)12-16(13)18/h6-7,12,15,17H,3-5,8-11H2,1-2H3/t15-,17?,18+/m1/s1/i1D3,2D3,3D2,4D2,5D2,8D2,9D2,10D2,11D2,15D. The number of ether oxygens (including phenoxy) is 1. The Balaban J connectivity index is 2.40. The second-order valence-corrected chi connectivity index (χ2v) is 4.63. The molecule has 2 heteroatoms. The van der Waals surface area contributed by atoms with Gasteiger partial charge in [0.05, 0.1) is 11.2 Å². The monoisotopic (exact) mass is 292 g/mol. The van der Waals surface area contributed by atoms with Crippen LogP contribution in [0, 0.1) is 5.89 Å². The van der Waals surface area contributed by atoms with E-state index in [4.69, 9.17) is 32.2 Å². The first-order chi connectivity index (χ1) is 17.8. The normalized spacial score (nSPS) is 74.2. The average Bonchev–Trinajstić information content (AvgIpc) is 2.72. The van der Waals surface area contributed by atoms with Crippen LogP contribution in [-0.4, -0.2) is 31.5 Å². The predicted molar refractivity (Wildman–Crippen MR) is 81.4 cm³/mol. The van der Waals surface area contributed by atoms with Gasteiger partial charge in [-0.05, 0) is 68.1 Å². The number of likely N-dealkylation sites (tertiary alicyclic amines) is 1. The Morgan fingerprint density at radius 3 is 3.35 bits per heavy atom. The molecule has 1 saturated carbocycles. The Kier molecular flexibility index (Phi) is 0.746. The molecule has 0 spiro atoms. The van der Waals surface area contributed by atoms with Gasteiger partial charge in [0.1, 0.15) is 5.75 Å². The molecule has 1 aromatic carbocycles. The summed E-state index contributed by atoms with van der Waals surface area (Å²) in [5.74, 6) is -4.69. The Morgan fingerprint density at radius 1 is 1.45 bits per heavy atom. The van der Waals surface area contributed by atoms with E-state index in [0.717, 1.165) is 12.1 Å². The number of piperidine rings is 1. The number of benzene rings is 1. The summed E-state index contributed by atoms with van der Waals surface area (Å²) in [6.45, 7) is -7.80. The van der Waals surface area contributed by atoms with Crippen LogP contribution in [0.4, 0.5) is 0 Å². The van der Waals surface area contributed by atoms with E-state index in [2.05, 4.69) is 0 Å². The first-order valence-corrected chi connectivity index (χ1v) is 5.93. The molecule has 2 fully saturated rings. The minimum Gasteiger partial charge on any atom is -0.497 e. The molecule has 108 valence electrons. The largest absolute Gasteiger partial charge is 0.497 e. The fraction of sp³-hybridized carbons (Fsp3) is 0.667. The maximum atomic E-state index is 9.54. The Hall–Kier alpha value is -1.02. The number of fused-ring (bicyclic) bond motifs is 1. The number of nitrogens with zero attached hydrogens (tertiary/aromatic N) is 1. The lowest BCUT2D eigenvalue weighted by Crippen LogP contribution is -2.59. The van der Waals surface area contributed by atoms with Crippen molar-refractivity contribution >= 4 is 0 Å². The third-order valence-corrected chi connectivity index (χ3v) is 3.61. The zero-order chi connectivity index (χ0) is 32.2. The van der Waals surface area contributed by atoms with Crippen LogP contribution in [0.3, 0.4) is 0 Å². The highest BCUT2D eigenvalue weighted by atomic mass is 16.5. The molecule has 20 heavy (non-hydrogen) atoms. The van der Waals surface area contributed by atoms with Crippen molar-refractivity contribution < 1.29 is 33.5 Å². The fourth-order valence-corrected chi connectivity index (χ4v) is 2.68. The summed E-state index contributed by atoms with van der Waals surface area (Å²) in [6, 6.07) is -0.816. The van der Waals surface area contributed by atoms with E-state index in [1.54, 1.807) is 0 Å². The summed E-state index contributed by atoms with van der Waals surface area (Å²) in [6.07, 6.45) is -23.9. The molecule has 1 unspecified atom stereocenters. The topological polar surface area (TPSA) is 12.5 Å². The molecule has 1 saturated heterocycles. The molecule has 1 heterocycles. The molecule has 3 atom stereocenters. The first-order valence-electron chi connectivity index (χ1n) is 16.4. The van der Waals surface area contributed by atoms with Crippen LogP contribution in [0.1, 0.15) is 71.8 Å². The SMILES string of the molecule is [2H]C([2H])([2H])Oc1ccc2c(c1)[C@@]13C([2H])([2H])C([2H])([2H])N(C([2H])([2H])[2H])C(C2([2H])[2H])[C@@]1([2H])C([2H])([2H])C([2H])([2H])C([2H])([2H])C3([2H])[2H]. The van der Waals surface area contributed by atoms with Crippen molar-refractivity contribution in [2.24, 2.45) is 5.89 Å². The quantitative estimate of drug-likeness (QED) is 0.787. The number of hydrogen-bond acceptors (Lipinski definition) is 2. The molecule has 0 radical (unpaired) electrons. The Morgan fingerprint density at radius 2 is 2.45 bits per heavy atom. The maximum Gasteiger partial charge on any atom is 0.119 e. The summed E-state index contributed by atoms with van der Waals surface area (Å²) in [4.78, 5) is -0.397. The molecular formula is C18H25NO. The van der Waals surface area contributed by atoms with E-state index < -0.39 is 97.9 Å². The summed E-state index contributed by atoms with van der Waals surface area (Å²) < 4.78 is 183. The summed E-state index contributed by atoms with van der Waals surface area (Å²) >= 11 is 0. The van der Waals surface area contributed by atoms with Gasteiger partial charge in [-0.25, -0.2) is 0 Å². The van der Waals surface area contributed by atoms with Crippen LogP contribution in [0.25, 0.3) is 0 Å². The van der Waals surface area contributed by atoms with Crippen molar-refractivity contribution in [2.75, 3.05) is 20.5 Å². The summed E-state index contributed by atoms with van der Waals surface area (Å²) in [5.41, 5.74) is -5.77. The molecule has 3 aliphatic rings. The van der Waals surface area contributed by atoms with Crippen molar-refractivity contribution in [1.29, 1.82) is 0 Å². The van der Waals surface area contributed by atoms with Crippen LogP contribution in [0.15, 0.2) is 18.2 Å². The zero-order valence-corrected chi connectivity index (χ0v) is 10.2. The number of hydrogen-bond donors (Lipinski definition) is 0. The van der Waals surface area contributed by atoms with Gasteiger partial charge < -0.3 is 9.64 Å². The third-order valence-electron chi connectivity index (χ3n) is 3.61. The van der Waals surface area contributed by atoms with Gasteiger partial charge >= 0.3 is 0 Å². The summed E-state index contributed by atoms with van der Waals surface area (Å²) in [5, 5.41) is 0. The van der Waals surface area contributed by atoms with Crippen molar-refractivity contribution in [3.8, 4) is 5.75 Å². The molecule has 2 aliphatic carbocycles. The molecular weight excluding hydrogens is 246 g/mol. The van der Waals surface area contributed by atoms with Gasteiger partial charge in [-0.3, -0.25) is 0 Å². The van der Waals surface area contributed by atoms with Crippen LogP contribution in [0.5, 0.6) is 5.75 Å². The van der Waals surface area contributed by atoms with E-state index in [1.165, 1.54) is 0 Å². The number of likely N-dealkylation sites (N-methyl/N-ethyl adjacent to an activating group) is 1. The lowest BCUT2D eigenvalue weighted by molar-refractivity contribution is 0.00274. The van der Waals surface area contributed by atoms with E-state index in [9.17, 15) is 1.37 Å². The minimum atomic E-state index is -4.14. The highest BCUT2D eigenvalue weighted by molar-refractivity contribution is 5.45. The highest BCUT2D eigenvalue weighted by Crippen LogP contribution is 2.55. The van der Waals surface area contributed by atoms with Crippen LogP contribution in [0.2, 0.25) is 0 Å². The van der Waals surface area contributed by atoms with Gasteiger partial charge in [-0.15, -0.1) is 0 Å². The van der Waals surface area contributed by atoms with Crippen LogP contribution < -0.4 is 4.74 Å². The number of rotatable bonds is 1. The smallest absolute Gasteiger partial charge is 0.119 e. The van der Waals surface area contributed by atoms with Gasteiger partial charge in [-0.2, -0.15) is 0 Å². The maximum absolute atomic E-state index is 9.54. The van der Waals surface area contributed by atoms with E-state index in [0.29, 0.717) is 6.07 Å². The van der Waals surface area contributed by atoms with Gasteiger partial charge in [0.15, 0.2) is 0 Å². The van der Waals surface area contributed by atoms with Crippen LogP contribution >= 0.6 is 0 Å². The number of methoxy groups -OCH3 is 1. The molecule has 2 nitrogen and oxygen atoms in total. The second kappa shape index (κ2) is 4.49. The minimum absolute atomic E-state index is 0.397. The third kappa shape index (κ3) is 1.60. The fourth-order valence-electron chi connectivity index (χ4n) is 2.68. The molecule has 1 aliphatic heterocycles. The van der Waals surface area contributed by atoms with Gasteiger partial charge in [-0.1, -0.05) is 18.8 Å². The first kappa shape index (κ1) is 3.32. The lowest BCUT2D eigenvalue weighted by Gasteiger charge is -2.58. The van der Waals surface area contributed by atoms with Gasteiger partial charge in [0, 0.05) is 36.1 Å². The van der Waals surface area contributed by atoms with Crippen molar-refractivity contribution in [2.45, 2.75) is 49.7 Å². The lowest BCUT2D eigenvalue weighted by atomic mass is 9.52. The zero-order valence-electron chi connectivity index (χ0n) is 31.2. The summed E-state index contributed by atoms with van der Waals surface area (Å²) in [7, 11) is -3.19. The molecule has 0 aromatic heterocycles. The van der Waals surface area contributed by atoms with Crippen molar-refractivity contribution in [3.05, 3.63) is 29.3 Å². The molecule has 4 rings (SSSR count). The highest BCUT2D eigenvalue weighted by Gasteiger charge is 2.53. The van der Waals surface area contributed by atoms with E-state index in [1.807, 2.05) is 0 Å². The molecule has 0 amide bonds. The second-order valence-electron chi connectivity index (χ2n) is 4.63. The van der Waals surface area contributed by atoms with Gasteiger partial charge in [0.2, 0.25) is 0 Å². The van der Waals surface area contributed by atoms with Gasteiger partial charge in [0.25, 0.3) is 0 Å². The molecule has 1 aromatic rings. The average molecular weight is 293 g/mol. The Labute approximate surface area is 151 Å². The predicted octanol–water partition coefficient (Wildman–Crippen LogP) is 3.38. The Bertz CT molecular complexity index is 1280. The molecule has 0 N–H and O–H groups in total. The molecule has 2 bridgehead atoms. The van der Waals surface area contributed by atoms with Crippen LogP contribution in [-0.2, 0) is 11.8 Å². The van der Waals surface area contributed by atoms with Crippen molar-refractivity contribution in [3.63, 3.8) is 0 Å². The van der Waals surface area contributed by atoms with E-state index in [-0.39, 0.29) is 0 Å². The van der Waals surface area contributed by atoms with E-state index >= 15 is 0 Å². The van der Waals surface area contributed by atoms with Crippen molar-refractivity contribution in [1.82, 2.24) is 4.90 Å².